The molecule has 5 aromatic carbocycles. The van der Waals surface area contributed by atoms with Crippen LogP contribution in [0.2, 0.25) is 0 Å². The summed E-state index contributed by atoms with van der Waals surface area (Å²) in [6.45, 7) is 2.12. The summed E-state index contributed by atoms with van der Waals surface area (Å²) in [6.07, 6.45) is -2.34. The number of fused-ring (bicyclic) bond motifs is 1. The smallest absolute Gasteiger partial charge is 0.268 e. The van der Waals surface area contributed by atoms with E-state index in [4.69, 9.17) is 23.7 Å². The first-order valence-electron chi connectivity index (χ1n) is 17.7. The van der Waals surface area contributed by atoms with Gasteiger partial charge in [0.15, 0.2) is 11.9 Å². The van der Waals surface area contributed by atoms with Gasteiger partial charge in [0.25, 0.3) is 10.0 Å². The fourth-order valence-electron chi connectivity index (χ4n) is 6.96. The number of para-hydroxylation sites is 1. The highest BCUT2D eigenvalue weighted by Crippen LogP contribution is 2.49. The highest BCUT2D eigenvalue weighted by atomic mass is 32.2. The predicted octanol–water partition coefficient (Wildman–Crippen LogP) is 7.21. The van der Waals surface area contributed by atoms with Crippen molar-refractivity contribution in [2.24, 2.45) is 0 Å². The van der Waals surface area contributed by atoms with E-state index in [1.807, 2.05) is 110 Å². The third-order valence-corrected chi connectivity index (χ3v) is 11.2. The summed E-state index contributed by atoms with van der Waals surface area (Å²) >= 11 is 0. The molecule has 1 aliphatic heterocycles. The van der Waals surface area contributed by atoms with E-state index >= 15 is 0 Å². The van der Waals surface area contributed by atoms with Gasteiger partial charge in [-0.3, -0.25) is 0 Å². The van der Waals surface area contributed by atoms with Crippen LogP contribution in [0, 0.1) is 0 Å². The van der Waals surface area contributed by atoms with E-state index in [2.05, 4.69) is 0 Å². The fraction of sp³-hybridized carbons (Fsp3) is 0.256. The van der Waals surface area contributed by atoms with Gasteiger partial charge in [-0.15, -0.1) is 0 Å². The molecule has 53 heavy (non-hydrogen) atoms. The van der Waals surface area contributed by atoms with Gasteiger partial charge in [0, 0.05) is 23.8 Å². The van der Waals surface area contributed by atoms with Crippen molar-refractivity contribution in [2.75, 3.05) is 13.2 Å². The van der Waals surface area contributed by atoms with E-state index in [1.54, 1.807) is 48.7 Å². The van der Waals surface area contributed by atoms with Crippen molar-refractivity contribution in [3.05, 3.63) is 174 Å². The van der Waals surface area contributed by atoms with Crippen molar-refractivity contribution >= 4 is 20.9 Å². The number of benzene rings is 5. The Morgan fingerprint density at radius 1 is 0.679 bits per heavy atom. The van der Waals surface area contributed by atoms with Crippen LogP contribution < -0.4 is 0 Å². The Balaban J connectivity index is 1.47. The summed E-state index contributed by atoms with van der Waals surface area (Å²) in [5.74, 6) is 0. The number of nitrogens with zero attached hydrogens (tertiary/aromatic N) is 1. The van der Waals surface area contributed by atoms with Gasteiger partial charge in [-0.1, -0.05) is 127 Å². The molecular weight excluding hydrogens is 691 g/mol. The van der Waals surface area contributed by atoms with Crippen LogP contribution in [0.5, 0.6) is 0 Å². The number of hydrogen-bond donors (Lipinski definition) is 1. The molecule has 0 saturated carbocycles. The van der Waals surface area contributed by atoms with Gasteiger partial charge in [-0.05, 0) is 41.8 Å². The van der Waals surface area contributed by atoms with Crippen LogP contribution in [0.1, 0.15) is 29.2 Å². The summed E-state index contributed by atoms with van der Waals surface area (Å²) in [5, 5.41) is 11.5. The van der Waals surface area contributed by atoms with Gasteiger partial charge >= 0.3 is 0 Å². The van der Waals surface area contributed by atoms with Crippen molar-refractivity contribution in [3.63, 3.8) is 0 Å². The molecule has 2 heterocycles. The molecule has 7 rings (SSSR count). The van der Waals surface area contributed by atoms with E-state index in [0.29, 0.717) is 16.5 Å². The Bertz CT molecular complexity index is 2160. The maximum Gasteiger partial charge on any atom is 0.268 e. The first-order chi connectivity index (χ1) is 26.0. The molecule has 6 aromatic rings. The molecule has 0 bridgehead atoms. The molecule has 0 spiro atoms. The molecule has 0 amide bonds. The fourth-order valence-corrected chi connectivity index (χ4v) is 8.35. The largest absolute Gasteiger partial charge is 0.394 e. The molecule has 0 aliphatic carbocycles. The Morgan fingerprint density at radius 3 is 1.79 bits per heavy atom. The van der Waals surface area contributed by atoms with Crippen molar-refractivity contribution in [3.8, 4) is 0 Å². The molecule has 0 unspecified atom stereocenters. The molecular formula is C43H43NO8S. The lowest BCUT2D eigenvalue weighted by atomic mass is 9.79. The van der Waals surface area contributed by atoms with Crippen molar-refractivity contribution < 1.29 is 37.2 Å². The Kier molecular flexibility index (Phi) is 11.5. The minimum Gasteiger partial charge on any atom is -0.394 e. The van der Waals surface area contributed by atoms with Crippen molar-refractivity contribution in [2.45, 2.75) is 61.8 Å². The Hall–Kier alpha value is -4.65. The molecule has 274 valence electrons. The molecule has 1 aromatic heterocycles. The topological polar surface area (TPSA) is 105 Å². The third-order valence-electron chi connectivity index (χ3n) is 9.51. The van der Waals surface area contributed by atoms with Crippen LogP contribution in [0.4, 0.5) is 0 Å². The van der Waals surface area contributed by atoms with Crippen LogP contribution in [0.3, 0.4) is 0 Å². The van der Waals surface area contributed by atoms with E-state index in [-0.39, 0.29) is 31.3 Å². The van der Waals surface area contributed by atoms with Crippen LogP contribution in [-0.4, -0.2) is 55.3 Å². The number of hydrogen-bond acceptors (Lipinski definition) is 8. The SMILES string of the molecule is CCO[C@H]1O[C@H](CO)[C@@H](OCc2ccccc2)[C@H](OCc2ccccc2)[C@]1(OCc1ccccc1)c1cn(S(=O)(=O)c2ccccc2)c2ccccc12. The van der Waals surface area contributed by atoms with Crippen LogP contribution in [0.15, 0.2) is 157 Å². The summed E-state index contributed by atoms with van der Waals surface area (Å²) in [4.78, 5) is 0.133. The maximum absolute atomic E-state index is 14.4. The van der Waals surface area contributed by atoms with Crippen molar-refractivity contribution in [1.29, 1.82) is 0 Å². The van der Waals surface area contributed by atoms with Gasteiger partial charge in [0.1, 0.15) is 18.3 Å². The van der Waals surface area contributed by atoms with Gasteiger partial charge in [0.05, 0.1) is 36.8 Å². The molecule has 5 atom stereocenters. The zero-order valence-electron chi connectivity index (χ0n) is 29.4. The molecule has 0 radical (unpaired) electrons. The van der Waals surface area contributed by atoms with E-state index in [9.17, 15) is 13.5 Å². The van der Waals surface area contributed by atoms with E-state index in [0.717, 1.165) is 16.7 Å². The van der Waals surface area contributed by atoms with Crippen LogP contribution in [-0.2, 0) is 59.1 Å². The average Bonchev–Trinajstić information content (AvgIpc) is 3.61. The number of aliphatic hydroxyl groups is 1. The standard InChI is InChI=1S/C43H43NO8S/c1-2-48-42-43(51-31-34-21-11-5-12-22-34,37-27-44(38-26-16-15-25-36(37)38)53(46,47)35-23-13-6-14-24-35)41(50-30-33-19-9-4-10-20-33)40(39(28-45)52-42)49-29-32-17-7-3-8-18-32/h3-27,39-42,45H,2,28-31H2,1H3/t39-,40-,41+,42+,43-/m1/s1. The first-order valence-corrected chi connectivity index (χ1v) is 19.2. The molecule has 1 fully saturated rings. The second-order valence-electron chi connectivity index (χ2n) is 12.9. The second kappa shape index (κ2) is 16.6. The first kappa shape index (κ1) is 36.7. The minimum absolute atomic E-state index is 0.0963. The van der Waals surface area contributed by atoms with Gasteiger partial charge in [-0.2, -0.15) is 0 Å². The molecule has 1 aliphatic rings. The maximum atomic E-state index is 14.4. The van der Waals surface area contributed by atoms with Gasteiger partial charge in [-0.25, -0.2) is 12.4 Å². The lowest BCUT2D eigenvalue weighted by Gasteiger charge is -2.53. The van der Waals surface area contributed by atoms with Crippen LogP contribution in [0.25, 0.3) is 10.9 Å². The third kappa shape index (κ3) is 7.58. The van der Waals surface area contributed by atoms with Crippen LogP contribution >= 0.6 is 0 Å². The predicted molar refractivity (Wildman–Crippen MR) is 201 cm³/mol. The highest BCUT2D eigenvalue weighted by molar-refractivity contribution is 7.90. The summed E-state index contributed by atoms with van der Waals surface area (Å²) < 4.78 is 64.1. The lowest BCUT2D eigenvalue weighted by molar-refractivity contribution is -0.372. The number of aromatic nitrogens is 1. The van der Waals surface area contributed by atoms with Crippen molar-refractivity contribution in [1.82, 2.24) is 3.97 Å². The average molecular weight is 734 g/mol. The Morgan fingerprint density at radius 2 is 1.21 bits per heavy atom. The zero-order valence-corrected chi connectivity index (χ0v) is 30.3. The van der Waals surface area contributed by atoms with Gasteiger partial charge < -0.3 is 28.8 Å². The summed E-state index contributed by atoms with van der Waals surface area (Å²) in [6, 6.07) is 44.8. The molecule has 1 saturated heterocycles. The molecule has 1 N–H and O–H groups in total. The van der Waals surface area contributed by atoms with E-state index in [1.165, 1.54) is 3.97 Å². The zero-order chi connectivity index (χ0) is 36.7. The van der Waals surface area contributed by atoms with Gasteiger partial charge in [0.2, 0.25) is 0 Å². The number of rotatable bonds is 15. The summed E-state index contributed by atoms with van der Waals surface area (Å²) in [5.41, 5.74) is 1.97. The quantitative estimate of drug-likeness (QED) is 0.118. The normalized spacial score (nSPS) is 21.8. The Labute approximate surface area is 310 Å². The molecule has 10 heteroatoms. The van der Waals surface area contributed by atoms with E-state index < -0.39 is 46.8 Å². The summed E-state index contributed by atoms with van der Waals surface area (Å²) in [7, 11) is -4.09. The highest BCUT2D eigenvalue weighted by Gasteiger charge is 2.61. The number of ether oxygens (including phenoxy) is 5. The minimum atomic E-state index is -4.09. The lowest BCUT2D eigenvalue weighted by Crippen LogP contribution is -2.67. The number of aliphatic hydroxyl groups excluding tert-OH is 1. The monoisotopic (exact) mass is 733 g/mol. The second-order valence-corrected chi connectivity index (χ2v) is 14.7. The molecule has 9 nitrogen and oxygen atoms in total.